The van der Waals surface area contributed by atoms with Crippen molar-refractivity contribution in [3.8, 4) is 5.75 Å². The van der Waals surface area contributed by atoms with E-state index >= 15 is 0 Å². The summed E-state index contributed by atoms with van der Waals surface area (Å²) in [6.07, 6.45) is 0. The van der Waals surface area contributed by atoms with Gasteiger partial charge in [0.1, 0.15) is 5.75 Å². The third-order valence-corrected chi connectivity index (χ3v) is 4.33. The van der Waals surface area contributed by atoms with Crippen LogP contribution in [0.4, 0.5) is 0 Å². The van der Waals surface area contributed by atoms with Gasteiger partial charge in [-0.25, -0.2) is 0 Å². The molecule has 0 atom stereocenters. The van der Waals surface area contributed by atoms with Gasteiger partial charge >= 0.3 is 7.12 Å². The van der Waals surface area contributed by atoms with E-state index in [9.17, 15) is 0 Å². The highest BCUT2D eigenvalue weighted by Crippen LogP contribution is 2.37. The number of hydrogen-bond donors (Lipinski definition) is 0. The Morgan fingerprint density at radius 3 is 1.90 bits per heavy atom. The van der Waals surface area contributed by atoms with Crippen LogP contribution in [-0.2, 0) is 14.0 Å². The zero-order valence-corrected chi connectivity index (χ0v) is 14.1. The van der Waals surface area contributed by atoms with E-state index in [2.05, 4.69) is 39.8 Å². The fourth-order valence-electron chi connectivity index (χ4n) is 2.44. The molecule has 1 saturated heterocycles. The third-order valence-electron chi connectivity index (χ3n) is 4.33. The molecule has 1 heterocycles. The Morgan fingerprint density at radius 2 is 1.48 bits per heavy atom. The largest absolute Gasteiger partial charge is 0.494 e. The van der Waals surface area contributed by atoms with E-state index in [1.807, 2.05) is 13.8 Å². The molecule has 0 N–H and O–H groups in total. The Labute approximate surface area is 127 Å². The van der Waals surface area contributed by atoms with Crippen LogP contribution in [0.5, 0.6) is 5.75 Å². The highest BCUT2D eigenvalue weighted by atomic mass is 16.7. The van der Waals surface area contributed by atoms with E-state index in [4.69, 9.17) is 18.8 Å². The number of rotatable bonds is 4. The Kier molecular flexibility index (Phi) is 4.38. The van der Waals surface area contributed by atoms with Gasteiger partial charge in [0.25, 0.3) is 0 Å². The van der Waals surface area contributed by atoms with Crippen molar-refractivity contribution in [3.63, 3.8) is 0 Å². The summed E-state index contributed by atoms with van der Waals surface area (Å²) in [5.41, 5.74) is 2.47. The molecule has 0 bridgehead atoms. The molecule has 1 fully saturated rings. The lowest BCUT2D eigenvalue weighted by Crippen LogP contribution is -2.41. The molecule has 0 radical (unpaired) electrons. The summed E-state index contributed by atoms with van der Waals surface area (Å²) >= 11 is 0. The zero-order valence-electron chi connectivity index (χ0n) is 14.1. The van der Waals surface area contributed by atoms with Crippen LogP contribution in [0, 0.1) is 13.8 Å². The highest BCUT2D eigenvalue weighted by molar-refractivity contribution is 6.62. The van der Waals surface area contributed by atoms with Gasteiger partial charge < -0.3 is 18.8 Å². The van der Waals surface area contributed by atoms with Gasteiger partial charge in [-0.1, -0.05) is 12.1 Å². The molecular formula is C16H25BO4. The van der Waals surface area contributed by atoms with Crippen molar-refractivity contribution < 1.29 is 18.8 Å². The van der Waals surface area contributed by atoms with Gasteiger partial charge in [-0.15, -0.1) is 0 Å². The number of benzene rings is 1. The molecule has 4 nitrogen and oxygen atoms in total. The van der Waals surface area contributed by atoms with Crippen molar-refractivity contribution in [2.24, 2.45) is 0 Å². The number of aryl methyl sites for hydroxylation is 2. The molecule has 1 aliphatic heterocycles. The molecule has 0 aromatic heterocycles. The number of hydrogen-bond acceptors (Lipinski definition) is 4. The fraction of sp³-hybridized carbons (Fsp3) is 0.625. The average Bonchev–Trinajstić information content (AvgIpc) is 2.57. The molecule has 0 aliphatic carbocycles. The molecule has 1 aromatic carbocycles. The maximum absolute atomic E-state index is 6.09. The Bertz CT molecular complexity index is 486. The average molecular weight is 292 g/mol. The summed E-state index contributed by atoms with van der Waals surface area (Å²) in [6.45, 7) is 12.5. The van der Waals surface area contributed by atoms with Crippen LogP contribution >= 0.6 is 0 Å². The lowest BCUT2D eigenvalue weighted by molar-refractivity contribution is 0.00578. The van der Waals surface area contributed by atoms with Gasteiger partial charge in [0, 0.05) is 7.11 Å². The maximum atomic E-state index is 6.09. The first-order valence-corrected chi connectivity index (χ1v) is 7.26. The van der Waals surface area contributed by atoms with Crippen LogP contribution in [0.1, 0.15) is 38.8 Å². The predicted molar refractivity (Wildman–Crippen MR) is 84.1 cm³/mol. The van der Waals surface area contributed by atoms with E-state index in [1.54, 1.807) is 7.11 Å². The van der Waals surface area contributed by atoms with Crippen LogP contribution in [0.2, 0.25) is 0 Å². The molecular weight excluding hydrogens is 267 g/mol. The second kappa shape index (κ2) is 5.63. The fourth-order valence-corrected chi connectivity index (χ4v) is 2.44. The summed E-state index contributed by atoms with van der Waals surface area (Å²) in [5.74, 6) is 0.858. The lowest BCUT2D eigenvalue weighted by Gasteiger charge is -2.32. The van der Waals surface area contributed by atoms with Crippen LogP contribution in [0.3, 0.4) is 0 Å². The minimum atomic E-state index is -0.344. The van der Waals surface area contributed by atoms with Crippen LogP contribution in [0.15, 0.2) is 12.1 Å². The van der Waals surface area contributed by atoms with Gasteiger partial charge in [0.2, 0.25) is 0 Å². The molecule has 0 saturated carbocycles. The van der Waals surface area contributed by atoms with Gasteiger partial charge in [0.15, 0.2) is 6.79 Å². The van der Waals surface area contributed by atoms with E-state index < -0.39 is 0 Å². The van der Waals surface area contributed by atoms with Gasteiger partial charge in [-0.05, 0) is 58.1 Å². The second-order valence-corrected chi connectivity index (χ2v) is 6.62. The van der Waals surface area contributed by atoms with Crippen LogP contribution in [0.25, 0.3) is 0 Å². The van der Waals surface area contributed by atoms with Gasteiger partial charge in [-0.2, -0.15) is 0 Å². The number of ether oxygens (including phenoxy) is 2. The monoisotopic (exact) mass is 292 g/mol. The minimum absolute atomic E-state index is 0.248. The molecule has 5 heteroatoms. The number of methoxy groups -OCH3 is 1. The first kappa shape index (κ1) is 16.3. The predicted octanol–water partition coefficient (Wildman–Crippen LogP) is 2.59. The second-order valence-electron chi connectivity index (χ2n) is 6.62. The quantitative estimate of drug-likeness (QED) is 0.631. The zero-order chi connectivity index (χ0) is 15.8. The van der Waals surface area contributed by atoms with Gasteiger partial charge in [0.05, 0.1) is 11.2 Å². The first-order chi connectivity index (χ1) is 9.68. The molecule has 1 aliphatic rings. The van der Waals surface area contributed by atoms with Crippen molar-refractivity contribution in [3.05, 3.63) is 23.3 Å². The third kappa shape index (κ3) is 3.10. The minimum Gasteiger partial charge on any atom is -0.467 e. The lowest BCUT2D eigenvalue weighted by atomic mass is 9.77. The SMILES string of the molecule is COCOc1c(C)cc(B2OC(C)(C)C(C)(C)O2)cc1C. The summed E-state index contributed by atoms with van der Waals surface area (Å²) in [6, 6.07) is 4.11. The first-order valence-electron chi connectivity index (χ1n) is 7.26. The summed E-state index contributed by atoms with van der Waals surface area (Å²) in [7, 11) is 1.27. The molecule has 0 spiro atoms. The Balaban J connectivity index is 2.27. The van der Waals surface area contributed by atoms with Crippen molar-refractivity contribution in [2.75, 3.05) is 13.9 Å². The van der Waals surface area contributed by atoms with Crippen molar-refractivity contribution in [2.45, 2.75) is 52.7 Å². The van der Waals surface area contributed by atoms with Crippen molar-refractivity contribution >= 4 is 12.6 Å². The van der Waals surface area contributed by atoms with E-state index in [0.29, 0.717) is 0 Å². The summed E-state index contributed by atoms with van der Waals surface area (Å²) < 4.78 is 22.8. The molecule has 0 unspecified atom stereocenters. The molecule has 21 heavy (non-hydrogen) atoms. The van der Waals surface area contributed by atoms with Gasteiger partial charge in [-0.3, -0.25) is 0 Å². The Morgan fingerprint density at radius 1 is 1.00 bits per heavy atom. The van der Waals surface area contributed by atoms with E-state index in [-0.39, 0.29) is 25.1 Å². The molecule has 2 rings (SSSR count). The molecule has 0 amide bonds. The highest BCUT2D eigenvalue weighted by Gasteiger charge is 2.51. The molecule has 1 aromatic rings. The van der Waals surface area contributed by atoms with Crippen LogP contribution in [-0.4, -0.2) is 32.2 Å². The summed E-state index contributed by atoms with van der Waals surface area (Å²) in [4.78, 5) is 0. The topological polar surface area (TPSA) is 36.9 Å². The Hall–Kier alpha value is -1.04. The van der Waals surface area contributed by atoms with E-state index in [0.717, 1.165) is 22.3 Å². The molecule has 116 valence electrons. The van der Waals surface area contributed by atoms with E-state index in [1.165, 1.54) is 0 Å². The normalized spacial score (nSPS) is 19.9. The van der Waals surface area contributed by atoms with Crippen molar-refractivity contribution in [1.29, 1.82) is 0 Å². The standard InChI is InChI=1S/C16H25BO4/c1-11-8-13(9-12(2)14(11)19-10-18-7)17-20-15(3,4)16(5,6)21-17/h8-9H,10H2,1-7H3. The smallest absolute Gasteiger partial charge is 0.467 e. The maximum Gasteiger partial charge on any atom is 0.494 e. The summed E-state index contributed by atoms with van der Waals surface area (Å²) in [5, 5.41) is 0. The van der Waals surface area contributed by atoms with Crippen LogP contribution < -0.4 is 10.2 Å². The van der Waals surface area contributed by atoms with Crippen molar-refractivity contribution in [1.82, 2.24) is 0 Å².